The van der Waals surface area contributed by atoms with Crippen LogP contribution in [0.1, 0.15) is 37.0 Å². The maximum Gasteiger partial charge on any atom is 0.146 e. The molecule has 2 rings (SSSR count). The molecule has 0 aliphatic carbocycles. The first-order valence-electron chi connectivity index (χ1n) is 7.00. The minimum Gasteiger partial charge on any atom is -0.324 e. The van der Waals surface area contributed by atoms with Gasteiger partial charge in [0, 0.05) is 13.0 Å². The van der Waals surface area contributed by atoms with Gasteiger partial charge in [0.25, 0.3) is 0 Å². The highest BCUT2D eigenvalue weighted by atomic mass is 15.3. The summed E-state index contributed by atoms with van der Waals surface area (Å²) in [5.74, 6) is 1.97. The fourth-order valence-electron chi connectivity index (χ4n) is 2.29. The third kappa shape index (κ3) is 3.64. The molecule has 0 saturated heterocycles. The van der Waals surface area contributed by atoms with Crippen molar-refractivity contribution in [2.75, 3.05) is 0 Å². The van der Waals surface area contributed by atoms with Crippen LogP contribution in [0.15, 0.2) is 30.3 Å². The molecule has 0 atom stereocenters. The van der Waals surface area contributed by atoms with Crippen molar-refractivity contribution in [3.63, 3.8) is 0 Å². The van der Waals surface area contributed by atoms with Gasteiger partial charge in [-0.3, -0.25) is 0 Å². The molecule has 2 N–H and O–H groups in total. The van der Waals surface area contributed by atoms with Gasteiger partial charge < -0.3 is 10.3 Å². The second-order valence-electron chi connectivity index (χ2n) is 4.73. The van der Waals surface area contributed by atoms with Gasteiger partial charge in [0.15, 0.2) is 0 Å². The summed E-state index contributed by atoms with van der Waals surface area (Å²) in [6, 6.07) is 10.6. The lowest BCUT2D eigenvalue weighted by molar-refractivity contribution is 0.598. The Hall–Kier alpha value is -1.68. The predicted molar refractivity (Wildman–Crippen MR) is 76.7 cm³/mol. The van der Waals surface area contributed by atoms with E-state index in [0.29, 0.717) is 6.54 Å². The monoisotopic (exact) mass is 258 g/mol. The van der Waals surface area contributed by atoms with Gasteiger partial charge >= 0.3 is 0 Å². The quantitative estimate of drug-likeness (QED) is 0.829. The van der Waals surface area contributed by atoms with Crippen molar-refractivity contribution in [2.24, 2.45) is 5.73 Å². The van der Waals surface area contributed by atoms with Crippen LogP contribution in [0.25, 0.3) is 0 Å². The molecule has 0 unspecified atom stereocenters. The third-order valence-electron chi connectivity index (χ3n) is 3.24. The summed E-state index contributed by atoms with van der Waals surface area (Å²) in [5, 5.41) is 8.44. The Morgan fingerprint density at radius 3 is 2.47 bits per heavy atom. The van der Waals surface area contributed by atoms with E-state index in [4.69, 9.17) is 5.73 Å². The Kier molecular flexibility index (Phi) is 5.10. The van der Waals surface area contributed by atoms with Gasteiger partial charge in [-0.05, 0) is 24.8 Å². The molecule has 0 fully saturated rings. The molecule has 0 radical (unpaired) electrons. The molecule has 0 aliphatic rings. The molecule has 0 spiro atoms. The fraction of sp³-hybridized carbons (Fsp3) is 0.467. The van der Waals surface area contributed by atoms with Gasteiger partial charge in [0.05, 0.1) is 6.54 Å². The largest absolute Gasteiger partial charge is 0.324 e. The van der Waals surface area contributed by atoms with Gasteiger partial charge in [0.1, 0.15) is 11.6 Å². The topological polar surface area (TPSA) is 56.7 Å². The van der Waals surface area contributed by atoms with E-state index in [0.717, 1.165) is 43.9 Å². The second-order valence-corrected chi connectivity index (χ2v) is 4.73. The van der Waals surface area contributed by atoms with E-state index >= 15 is 0 Å². The van der Waals surface area contributed by atoms with Gasteiger partial charge in [-0.25, -0.2) is 0 Å². The van der Waals surface area contributed by atoms with Crippen molar-refractivity contribution < 1.29 is 0 Å². The van der Waals surface area contributed by atoms with Gasteiger partial charge in [0.2, 0.25) is 0 Å². The van der Waals surface area contributed by atoms with E-state index < -0.39 is 0 Å². The lowest BCUT2D eigenvalue weighted by atomic mass is 10.1. The van der Waals surface area contributed by atoms with E-state index in [9.17, 15) is 0 Å². The average Bonchev–Trinajstić information content (AvgIpc) is 2.83. The smallest absolute Gasteiger partial charge is 0.146 e. The minimum atomic E-state index is 0.464. The second kappa shape index (κ2) is 7.04. The van der Waals surface area contributed by atoms with Crippen LogP contribution < -0.4 is 5.73 Å². The molecule has 4 heteroatoms. The van der Waals surface area contributed by atoms with Crippen molar-refractivity contribution in [2.45, 2.75) is 45.7 Å². The number of aromatic nitrogens is 3. The third-order valence-corrected chi connectivity index (χ3v) is 3.24. The number of hydrogen-bond acceptors (Lipinski definition) is 3. The summed E-state index contributed by atoms with van der Waals surface area (Å²) in [6.07, 6.45) is 4.22. The first-order valence-corrected chi connectivity index (χ1v) is 7.00. The van der Waals surface area contributed by atoms with Crippen LogP contribution >= 0.6 is 0 Å². The van der Waals surface area contributed by atoms with Crippen molar-refractivity contribution in [3.8, 4) is 0 Å². The molecule has 4 nitrogen and oxygen atoms in total. The first-order chi connectivity index (χ1) is 9.35. The number of hydrogen-bond donors (Lipinski definition) is 1. The maximum absolute atomic E-state index is 5.69. The number of nitrogens with zero attached hydrogens (tertiary/aromatic N) is 3. The van der Waals surface area contributed by atoms with Crippen LogP contribution in [0.4, 0.5) is 0 Å². The molecule has 19 heavy (non-hydrogen) atoms. The molecule has 102 valence electrons. The summed E-state index contributed by atoms with van der Waals surface area (Å²) in [5.41, 5.74) is 7.07. The maximum atomic E-state index is 5.69. The molecule has 0 bridgehead atoms. The summed E-state index contributed by atoms with van der Waals surface area (Å²) in [6.45, 7) is 3.58. The zero-order valence-corrected chi connectivity index (χ0v) is 11.5. The Bertz CT molecular complexity index is 490. The van der Waals surface area contributed by atoms with Gasteiger partial charge in [-0.2, -0.15) is 0 Å². The highest BCUT2D eigenvalue weighted by Gasteiger charge is 2.09. The van der Waals surface area contributed by atoms with Crippen LogP contribution in [-0.4, -0.2) is 14.8 Å². The lowest BCUT2D eigenvalue weighted by Gasteiger charge is -2.07. The molecule has 0 amide bonds. The molecule has 0 aliphatic heterocycles. The zero-order chi connectivity index (χ0) is 13.5. The Morgan fingerprint density at radius 1 is 1.05 bits per heavy atom. The van der Waals surface area contributed by atoms with Crippen LogP contribution in [0.2, 0.25) is 0 Å². The molecule has 1 heterocycles. The van der Waals surface area contributed by atoms with Gasteiger partial charge in [-0.15, -0.1) is 10.2 Å². The molecular formula is C15H22N4. The van der Waals surface area contributed by atoms with Gasteiger partial charge in [-0.1, -0.05) is 37.3 Å². The fourth-order valence-corrected chi connectivity index (χ4v) is 2.29. The SMILES string of the molecule is CCCn1c(CN)nnc1CCCc1ccccc1. The van der Waals surface area contributed by atoms with E-state index in [-0.39, 0.29) is 0 Å². The number of aryl methyl sites for hydroxylation is 2. The Morgan fingerprint density at radius 2 is 1.79 bits per heavy atom. The van der Waals surface area contributed by atoms with Crippen LogP contribution in [-0.2, 0) is 25.9 Å². The standard InChI is InChI=1S/C15H22N4/c1-2-11-19-14(17-18-15(19)12-16)10-6-9-13-7-4-3-5-8-13/h3-5,7-8H,2,6,9-12,16H2,1H3. The Balaban J connectivity index is 1.94. The molecular weight excluding hydrogens is 236 g/mol. The zero-order valence-electron chi connectivity index (χ0n) is 11.5. The van der Waals surface area contributed by atoms with Crippen molar-refractivity contribution >= 4 is 0 Å². The predicted octanol–water partition coefficient (Wildman–Crippen LogP) is 2.32. The molecule has 0 saturated carbocycles. The summed E-state index contributed by atoms with van der Waals surface area (Å²) in [7, 11) is 0. The van der Waals surface area contributed by atoms with Crippen molar-refractivity contribution in [3.05, 3.63) is 47.5 Å². The lowest BCUT2D eigenvalue weighted by Crippen LogP contribution is -2.11. The molecule has 1 aromatic carbocycles. The van der Waals surface area contributed by atoms with E-state index in [1.807, 2.05) is 0 Å². The normalized spacial score (nSPS) is 10.8. The Labute approximate surface area is 114 Å². The average molecular weight is 258 g/mol. The molecule has 2 aromatic rings. The van der Waals surface area contributed by atoms with Crippen LogP contribution in [0.5, 0.6) is 0 Å². The highest BCUT2D eigenvalue weighted by Crippen LogP contribution is 2.09. The van der Waals surface area contributed by atoms with Crippen LogP contribution in [0, 0.1) is 0 Å². The summed E-state index contributed by atoms with van der Waals surface area (Å²) < 4.78 is 2.17. The molecule has 1 aromatic heterocycles. The summed E-state index contributed by atoms with van der Waals surface area (Å²) in [4.78, 5) is 0. The number of nitrogens with two attached hydrogens (primary N) is 1. The van der Waals surface area contributed by atoms with E-state index in [1.165, 1.54) is 5.56 Å². The number of rotatable bonds is 7. The van der Waals surface area contributed by atoms with E-state index in [2.05, 4.69) is 52.0 Å². The highest BCUT2D eigenvalue weighted by molar-refractivity contribution is 5.14. The van der Waals surface area contributed by atoms with Crippen molar-refractivity contribution in [1.82, 2.24) is 14.8 Å². The van der Waals surface area contributed by atoms with Crippen molar-refractivity contribution in [1.29, 1.82) is 0 Å². The first kappa shape index (κ1) is 13.7. The minimum absolute atomic E-state index is 0.464. The number of benzene rings is 1. The van der Waals surface area contributed by atoms with Crippen LogP contribution in [0.3, 0.4) is 0 Å². The van der Waals surface area contributed by atoms with E-state index in [1.54, 1.807) is 0 Å². The summed E-state index contributed by atoms with van der Waals surface area (Å²) >= 11 is 0.